The van der Waals surface area contributed by atoms with E-state index in [1.807, 2.05) is 41.3 Å². The van der Waals surface area contributed by atoms with Crippen LogP contribution < -0.4 is 10.1 Å². The van der Waals surface area contributed by atoms with Crippen molar-refractivity contribution in [1.29, 1.82) is 0 Å². The number of amides is 2. The van der Waals surface area contributed by atoms with E-state index in [4.69, 9.17) is 9.26 Å². The topological polar surface area (TPSA) is 97.6 Å². The molecular weight excluding hydrogens is 408 g/mol. The summed E-state index contributed by atoms with van der Waals surface area (Å²) in [6, 6.07) is 14.9. The van der Waals surface area contributed by atoms with Crippen molar-refractivity contribution in [1.82, 2.24) is 15.0 Å². The molecule has 1 saturated heterocycles. The molecule has 2 heterocycles. The summed E-state index contributed by atoms with van der Waals surface area (Å²) in [5, 5.41) is 6.85. The van der Waals surface area contributed by atoms with Crippen LogP contribution in [-0.2, 0) is 16.0 Å². The molecule has 1 aliphatic rings. The van der Waals surface area contributed by atoms with Gasteiger partial charge < -0.3 is 19.5 Å². The van der Waals surface area contributed by atoms with Gasteiger partial charge in [0, 0.05) is 37.2 Å². The van der Waals surface area contributed by atoms with Crippen molar-refractivity contribution < 1.29 is 18.8 Å². The molecule has 166 valence electrons. The monoisotopic (exact) mass is 434 g/mol. The fourth-order valence-corrected chi connectivity index (χ4v) is 3.87. The molecular formula is C24H26N4O4. The van der Waals surface area contributed by atoms with Gasteiger partial charge in [0.1, 0.15) is 5.75 Å². The molecule has 1 aliphatic heterocycles. The highest BCUT2D eigenvalue weighted by Crippen LogP contribution is 2.29. The molecule has 2 aromatic carbocycles. The number of methoxy groups -OCH3 is 1. The number of piperidine rings is 1. The van der Waals surface area contributed by atoms with E-state index in [2.05, 4.69) is 15.5 Å². The third-order valence-electron chi connectivity index (χ3n) is 5.59. The Bertz CT molecular complexity index is 1090. The predicted molar refractivity (Wildman–Crippen MR) is 119 cm³/mol. The van der Waals surface area contributed by atoms with E-state index in [-0.39, 0.29) is 17.7 Å². The Labute approximate surface area is 186 Å². The zero-order chi connectivity index (χ0) is 22.5. The molecule has 0 radical (unpaired) electrons. The summed E-state index contributed by atoms with van der Waals surface area (Å²) in [5.41, 5.74) is 2.48. The molecule has 0 unspecified atom stereocenters. The summed E-state index contributed by atoms with van der Waals surface area (Å²) in [6.45, 7) is 2.80. The molecule has 0 aliphatic carbocycles. The van der Waals surface area contributed by atoms with E-state index in [1.165, 1.54) is 6.92 Å². The standard InChI is InChI=1S/C24H26N4O4/c1-16(29)25-20-8-6-18(7-9-20)23-26-24(32-27-23)19-10-12-28(13-11-19)22(30)15-17-4-3-5-21(14-17)31-2/h3-9,14,19H,10-13,15H2,1-2H3,(H,25,29). The number of anilines is 1. The minimum absolute atomic E-state index is 0.113. The van der Waals surface area contributed by atoms with E-state index < -0.39 is 0 Å². The molecule has 0 spiro atoms. The summed E-state index contributed by atoms with van der Waals surface area (Å²) in [5.74, 6) is 2.01. The Morgan fingerprint density at radius 2 is 1.91 bits per heavy atom. The first-order chi connectivity index (χ1) is 15.5. The van der Waals surface area contributed by atoms with Crippen molar-refractivity contribution in [3.05, 3.63) is 60.0 Å². The Morgan fingerprint density at radius 1 is 1.16 bits per heavy atom. The lowest BCUT2D eigenvalue weighted by atomic mass is 9.96. The molecule has 0 saturated carbocycles. The van der Waals surface area contributed by atoms with Crippen LogP contribution in [-0.4, -0.2) is 47.1 Å². The number of nitrogens with zero attached hydrogens (tertiary/aromatic N) is 3. The lowest BCUT2D eigenvalue weighted by Crippen LogP contribution is -2.38. The zero-order valence-corrected chi connectivity index (χ0v) is 18.2. The maximum absolute atomic E-state index is 12.7. The molecule has 32 heavy (non-hydrogen) atoms. The van der Waals surface area contributed by atoms with Crippen molar-refractivity contribution in [2.75, 3.05) is 25.5 Å². The highest BCUT2D eigenvalue weighted by molar-refractivity contribution is 5.88. The number of carbonyl (C=O) groups is 2. The fraction of sp³-hybridized carbons (Fsp3) is 0.333. The second kappa shape index (κ2) is 9.64. The lowest BCUT2D eigenvalue weighted by Gasteiger charge is -2.30. The molecule has 1 fully saturated rings. The lowest BCUT2D eigenvalue weighted by molar-refractivity contribution is -0.131. The number of rotatable bonds is 6. The first-order valence-electron chi connectivity index (χ1n) is 10.6. The van der Waals surface area contributed by atoms with Crippen LogP contribution in [0.1, 0.15) is 37.1 Å². The zero-order valence-electron chi connectivity index (χ0n) is 18.2. The number of aromatic nitrogens is 2. The highest BCUT2D eigenvalue weighted by atomic mass is 16.5. The van der Waals surface area contributed by atoms with Crippen molar-refractivity contribution in [3.63, 3.8) is 0 Å². The van der Waals surface area contributed by atoms with Gasteiger partial charge in [-0.25, -0.2) is 0 Å². The number of hydrogen-bond donors (Lipinski definition) is 1. The summed E-state index contributed by atoms with van der Waals surface area (Å²) in [4.78, 5) is 30.3. The van der Waals surface area contributed by atoms with Crippen LogP contribution in [0.2, 0.25) is 0 Å². The molecule has 0 bridgehead atoms. The van der Waals surface area contributed by atoms with Gasteiger partial charge in [-0.15, -0.1) is 0 Å². The molecule has 8 nitrogen and oxygen atoms in total. The molecule has 1 aromatic heterocycles. The van der Waals surface area contributed by atoms with Gasteiger partial charge in [0.15, 0.2) is 0 Å². The minimum atomic E-state index is -0.118. The molecule has 1 N–H and O–H groups in total. The Kier molecular flexibility index (Phi) is 6.49. The van der Waals surface area contributed by atoms with Gasteiger partial charge in [-0.1, -0.05) is 17.3 Å². The largest absolute Gasteiger partial charge is 0.497 e. The van der Waals surface area contributed by atoms with Gasteiger partial charge in [-0.2, -0.15) is 4.98 Å². The highest BCUT2D eigenvalue weighted by Gasteiger charge is 2.27. The molecule has 0 atom stereocenters. The van der Waals surface area contributed by atoms with E-state index in [1.54, 1.807) is 19.2 Å². The van der Waals surface area contributed by atoms with Gasteiger partial charge in [0.25, 0.3) is 0 Å². The first-order valence-corrected chi connectivity index (χ1v) is 10.6. The number of ether oxygens (including phenoxy) is 1. The Morgan fingerprint density at radius 3 is 2.59 bits per heavy atom. The van der Waals surface area contributed by atoms with Crippen molar-refractivity contribution in [2.24, 2.45) is 0 Å². The molecule has 3 aromatic rings. The SMILES string of the molecule is COc1cccc(CC(=O)N2CCC(c3nc(-c4ccc(NC(C)=O)cc4)no3)CC2)c1. The summed E-state index contributed by atoms with van der Waals surface area (Å²) in [6.07, 6.45) is 1.93. The van der Waals surface area contributed by atoms with Crippen molar-refractivity contribution in [3.8, 4) is 17.1 Å². The summed E-state index contributed by atoms with van der Waals surface area (Å²) in [7, 11) is 1.62. The number of carbonyl (C=O) groups excluding carboxylic acids is 2. The van der Waals surface area contributed by atoms with Crippen molar-refractivity contribution in [2.45, 2.75) is 32.1 Å². The number of nitrogens with one attached hydrogen (secondary N) is 1. The van der Waals surface area contributed by atoms with Gasteiger partial charge in [0.05, 0.1) is 13.5 Å². The van der Waals surface area contributed by atoms with Crippen LogP contribution in [0.25, 0.3) is 11.4 Å². The second-order valence-corrected chi connectivity index (χ2v) is 7.90. The maximum atomic E-state index is 12.7. The van der Waals surface area contributed by atoms with Gasteiger partial charge in [0.2, 0.25) is 23.5 Å². The van der Waals surface area contributed by atoms with Crippen LogP contribution in [0.4, 0.5) is 5.69 Å². The van der Waals surface area contributed by atoms with Crippen LogP contribution in [0.5, 0.6) is 5.75 Å². The normalized spacial score (nSPS) is 14.2. The summed E-state index contributed by atoms with van der Waals surface area (Å²) < 4.78 is 10.8. The molecule has 2 amide bonds. The predicted octanol–water partition coefficient (Wildman–Crippen LogP) is 3.65. The van der Waals surface area contributed by atoms with Gasteiger partial charge in [-0.3, -0.25) is 9.59 Å². The van der Waals surface area contributed by atoms with Crippen LogP contribution in [0.15, 0.2) is 53.1 Å². The molecule has 4 rings (SSSR count). The van der Waals surface area contributed by atoms with Gasteiger partial charge >= 0.3 is 0 Å². The van der Waals surface area contributed by atoms with E-state index in [0.717, 1.165) is 35.4 Å². The third kappa shape index (κ3) is 5.14. The Hall–Kier alpha value is -3.68. The first kappa shape index (κ1) is 21.5. The smallest absolute Gasteiger partial charge is 0.230 e. The van der Waals surface area contributed by atoms with E-state index in [0.29, 0.717) is 31.2 Å². The second-order valence-electron chi connectivity index (χ2n) is 7.90. The average molecular weight is 434 g/mol. The number of likely N-dealkylation sites (tertiary alicyclic amines) is 1. The van der Waals surface area contributed by atoms with Crippen molar-refractivity contribution >= 4 is 17.5 Å². The average Bonchev–Trinajstić information content (AvgIpc) is 3.30. The van der Waals surface area contributed by atoms with Gasteiger partial charge in [-0.05, 0) is 54.8 Å². The van der Waals surface area contributed by atoms with Crippen LogP contribution in [0.3, 0.4) is 0 Å². The number of benzene rings is 2. The maximum Gasteiger partial charge on any atom is 0.230 e. The quantitative estimate of drug-likeness (QED) is 0.636. The minimum Gasteiger partial charge on any atom is -0.497 e. The van der Waals surface area contributed by atoms with Crippen LogP contribution >= 0.6 is 0 Å². The number of hydrogen-bond acceptors (Lipinski definition) is 6. The summed E-state index contributed by atoms with van der Waals surface area (Å²) >= 11 is 0. The molecule has 8 heteroatoms. The van der Waals surface area contributed by atoms with E-state index in [9.17, 15) is 9.59 Å². The van der Waals surface area contributed by atoms with E-state index >= 15 is 0 Å². The van der Waals surface area contributed by atoms with Crippen LogP contribution in [0, 0.1) is 0 Å². The third-order valence-corrected chi connectivity index (χ3v) is 5.59. The fourth-order valence-electron chi connectivity index (χ4n) is 3.87. The Balaban J connectivity index is 1.33.